The molecule has 18 heavy (non-hydrogen) atoms. The highest BCUT2D eigenvalue weighted by Gasteiger charge is 2.13. The van der Waals surface area contributed by atoms with E-state index in [1.807, 2.05) is 30.5 Å². The van der Waals surface area contributed by atoms with Gasteiger partial charge in [-0.2, -0.15) is 0 Å². The van der Waals surface area contributed by atoms with Gasteiger partial charge in [0.1, 0.15) is 0 Å². The van der Waals surface area contributed by atoms with Crippen molar-refractivity contribution in [3.8, 4) is 0 Å². The van der Waals surface area contributed by atoms with Gasteiger partial charge >= 0.3 is 0 Å². The molecule has 0 amide bonds. The molecule has 5 heteroatoms. The molecule has 4 nitrogen and oxygen atoms in total. The molecular weight excluding hydrogens is 248 g/mol. The van der Waals surface area contributed by atoms with Gasteiger partial charge in [0.25, 0.3) is 0 Å². The number of rotatable bonds is 2. The zero-order chi connectivity index (χ0) is 11.5. The van der Waals surface area contributed by atoms with E-state index in [0.717, 1.165) is 29.9 Å². The Morgan fingerprint density at radius 1 is 1.28 bits per heavy atom. The summed E-state index contributed by atoms with van der Waals surface area (Å²) in [5.74, 6) is 0.734. The van der Waals surface area contributed by atoms with Crippen molar-refractivity contribution in [2.75, 3.05) is 18.4 Å². The van der Waals surface area contributed by atoms with Crippen molar-refractivity contribution in [2.45, 2.75) is 18.9 Å². The first-order chi connectivity index (χ1) is 8.42. The van der Waals surface area contributed by atoms with Crippen molar-refractivity contribution in [1.29, 1.82) is 0 Å². The van der Waals surface area contributed by atoms with E-state index in [9.17, 15) is 0 Å². The topological polar surface area (TPSA) is 49.8 Å². The number of piperidine rings is 1. The minimum absolute atomic E-state index is 0. The molecule has 2 heterocycles. The average Bonchev–Trinajstić information content (AvgIpc) is 2.40. The summed E-state index contributed by atoms with van der Waals surface area (Å²) in [6.07, 6.45) is 4.27. The highest BCUT2D eigenvalue weighted by atomic mass is 35.5. The number of halogens is 1. The van der Waals surface area contributed by atoms with Gasteiger partial charge in [-0.15, -0.1) is 12.4 Å². The van der Waals surface area contributed by atoms with Gasteiger partial charge in [-0.3, -0.25) is 0 Å². The summed E-state index contributed by atoms with van der Waals surface area (Å²) in [7, 11) is 0. The van der Waals surface area contributed by atoms with E-state index in [-0.39, 0.29) is 12.4 Å². The molecule has 1 fully saturated rings. The standard InChI is InChI=1S/C13H16N4.ClH/c1-2-6-12-10(4-1)8-15-13(17-12)16-11-5-3-7-14-9-11;/h1-2,4,6,8,11,14H,3,5,7,9H2,(H,15,16,17);1H/t11-;/m1./s1. The lowest BCUT2D eigenvalue weighted by Crippen LogP contribution is -2.38. The van der Waals surface area contributed by atoms with Crippen LogP contribution in [0.1, 0.15) is 12.8 Å². The van der Waals surface area contributed by atoms with Crippen molar-refractivity contribution < 1.29 is 0 Å². The maximum absolute atomic E-state index is 4.52. The third-order valence-electron chi connectivity index (χ3n) is 3.12. The number of nitrogens with zero attached hydrogens (tertiary/aromatic N) is 2. The molecule has 3 rings (SSSR count). The van der Waals surface area contributed by atoms with E-state index in [1.54, 1.807) is 0 Å². The third kappa shape index (κ3) is 2.89. The molecule has 1 aromatic heterocycles. The van der Waals surface area contributed by atoms with Crippen LogP contribution >= 0.6 is 12.4 Å². The summed E-state index contributed by atoms with van der Waals surface area (Å²) >= 11 is 0. The van der Waals surface area contributed by atoms with Crippen molar-refractivity contribution in [1.82, 2.24) is 15.3 Å². The lowest BCUT2D eigenvalue weighted by atomic mass is 10.1. The van der Waals surface area contributed by atoms with Gasteiger partial charge in [-0.1, -0.05) is 18.2 Å². The SMILES string of the molecule is Cl.c1ccc2nc(N[C@@H]3CCCNC3)ncc2c1. The van der Waals surface area contributed by atoms with Gasteiger partial charge in [0, 0.05) is 24.2 Å². The highest BCUT2D eigenvalue weighted by Crippen LogP contribution is 2.13. The second kappa shape index (κ2) is 5.98. The molecular formula is C13H17ClN4. The Kier molecular flexibility index (Phi) is 4.33. The predicted octanol–water partition coefficient (Wildman–Crippen LogP) is 2.22. The van der Waals surface area contributed by atoms with Crippen LogP contribution < -0.4 is 10.6 Å². The molecule has 0 saturated carbocycles. The molecule has 0 aliphatic carbocycles. The minimum Gasteiger partial charge on any atom is -0.350 e. The van der Waals surface area contributed by atoms with Gasteiger partial charge in [-0.05, 0) is 25.5 Å². The molecule has 1 atom stereocenters. The monoisotopic (exact) mass is 264 g/mol. The molecule has 0 radical (unpaired) electrons. The smallest absolute Gasteiger partial charge is 0.223 e. The maximum atomic E-state index is 4.52. The summed E-state index contributed by atoms with van der Waals surface area (Å²) in [6, 6.07) is 8.50. The molecule has 2 aromatic rings. The summed E-state index contributed by atoms with van der Waals surface area (Å²) in [6.45, 7) is 2.12. The lowest BCUT2D eigenvalue weighted by Gasteiger charge is -2.23. The number of hydrogen-bond acceptors (Lipinski definition) is 4. The number of anilines is 1. The number of hydrogen-bond donors (Lipinski definition) is 2. The fourth-order valence-electron chi connectivity index (χ4n) is 2.20. The molecule has 1 aromatic carbocycles. The van der Waals surface area contributed by atoms with E-state index >= 15 is 0 Å². The summed E-state index contributed by atoms with van der Waals surface area (Å²) in [5, 5.41) is 7.85. The number of aromatic nitrogens is 2. The van der Waals surface area contributed by atoms with Crippen LogP contribution in [0.25, 0.3) is 10.9 Å². The molecule has 1 aliphatic rings. The summed E-state index contributed by atoms with van der Waals surface area (Å²) < 4.78 is 0. The number of para-hydroxylation sites is 1. The third-order valence-corrected chi connectivity index (χ3v) is 3.12. The first-order valence-corrected chi connectivity index (χ1v) is 6.11. The van der Waals surface area contributed by atoms with Crippen LogP contribution in [0.2, 0.25) is 0 Å². The van der Waals surface area contributed by atoms with Crippen LogP contribution in [0.3, 0.4) is 0 Å². The number of fused-ring (bicyclic) bond motifs is 1. The van der Waals surface area contributed by atoms with Crippen LogP contribution in [0.15, 0.2) is 30.5 Å². The molecule has 96 valence electrons. The van der Waals surface area contributed by atoms with Crippen molar-refractivity contribution in [2.24, 2.45) is 0 Å². The molecule has 0 bridgehead atoms. The Bertz CT molecular complexity index is 511. The zero-order valence-electron chi connectivity index (χ0n) is 10.1. The Morgan fingerprint density at radius 2 is 2.17 bits per heavy atom. The lowest BCUT2D eigenvalue weighted by molar-refractivity contribution is 0.478. The van der Waals surface area contributed by atoms with Crippen molar-refractivity contribution in [3.05, 3.63) is 30.5 Å². The van der Waals surface area contributed by atoms with E-state index < -0.39 is 0 Å². The van der Waals surface area contributed by atoms with Crippen LogP contribution in [0, 0.1) is 0 Å². The normalized spacial score (nSPS) is 19.2. The second-order valence-corrected chi connectivity index (χ2v) is 4.44. The molecule has 1 aliphatic heterocycles. The summed E-state index contributed by atoms with van der Waals surface area (Å²) in [4.78, 5) is 8.87. The number of nitrogens with one attached hydrogen (secondary N) is 2. The Balaban J connectivity index is 0.00000120. The Labute approximate surface area is 113 Å². The Hall–Kier alpha value is -1.39. The zero-order valence-corrected chi connectivity index (χ0v) is 10.9. The molecule has 2 N–H and O–H groups in total. The van der Waals surface area contributed by atoms with Crippen LogP contribution in [0.5, 0.6) is 0 Å². The Morgan fingerprint density at radius 3 is 3.00 bits per heavy atom. The van der Waals surface area contributed by atoms with Gasteiger partial charge in [-0.25, -0.2) is 9.97 Å². The van der Waals surface area contributed by atoms with Crippen molar-refractivity contribution >= 4 is 29.3 Å². The van der Waals surface area contributed by atoms with Gasteiger partial charge in [0.2, 0.25) is 5.95 Å². The maximum Gasteiger partial charge on any atom is 0.223 e. The van der Waals surface area contributed by atoms with Crippen LogP contribution in [0.4, 0.5) is 5.95 Å². The fraction of sp³-hybridized carbons (Fsp3) is 0.385. The van der Waals surface area contributed by atoms with E-state index in [1.165, 1.54) is 12.8 Å². The first-order valence-electron chi connectivity index (χ1n) is 6.11. The van der Waals surface area contributed by atoms with Gasteiger partial charge in [0.05, 0.1) is 5.52 Å². The first kappa shape index (κ1) is 13.1. The minimum atomic E-state index is 0. The second-order valence-electron chi connectivity index (χ2n) is 4.44. The van der Waals surface area contributed by atoms with Crippen molar-refractivity contribution in [3.63, 3.8) is 0 Å². The summed E-state index contributed by atoms with van der Waals surface area (Å²) in [5.41, 5.74) is 0.994. The predicted molar refractivity (Wildman–Crippen MR) is 76.3 cm³/mol. The largest absolute Gasteiger partial charge is 0.350 e. The van der Waals surface area contributed by atoms with Crippen LogP contribution in [-0.4, -0.2) is 29.1 Å². The molecule has 1 saturated heterocycles. The average molecular weight is 265 g/mol. The van der Waals surface area contributed by atoms with E-state index in [4.69, 9.17) is 0 Å². The molecule has 0 spiro atoms. The van der Waals surface area contributed by atoms with Crippen LogP contribution in [-0.2, 0) is 0 Å². The fourth-order valence-corrected chi connectivity index (χ4v) is 2.20. The molecule has 0 unspecified atom stereocenters. The van der Waals surface area contributed by atoms with E-state index in [2.05, 4.69) is 20.6 Å². The van der Waals surface area contributed by atoms with E-state index in [0.29, 0.717) is 6.04 Å². The quantitative estimate of drug-likeness (QED) is 0.873. The highest BCUT2D eigenvalue weighted by molar-refractivity contribution is 5.85. The van der Waals surface area contributed by atoms with Gasteiger partial charge < -0.3 is 10.6 Å². The number of benzene rings is 1. The van der Waals surface area contributed by atoms with Gasteiger partial charge in [0.15, 0.2) is 0 Å².